The van der Waals surface area contributed by atoms with Crippen molar-refractivity contribution in [1.29, 1.82) is 0 Å². The highest BCUT2D eigenvalue weighted by molar-refractivity contribution is 5.79. The molecular weight excluding hydrogens is 322 g/mol. The van der Waals surface area contributed by atoms with E-state index in [2.05, 4.69) is 43.0 Å². The molecule has 0 aromatic heterocycles. The molecule has 2 aromatic carbocycles. The van der Waals surface area contributed by atoms with E-state index in [9.17, 15) is 9.90 Å². The zero-order chi connectivity index (χ0) is 18.6. The van der Waals surface area contributed by atoms with Crippen LogP contribution < -0.4 is 0 Å². The molecule has 138 valence electrons. The van der Waals surface area contributed by atoms with Gasteiger partial charge in [0, 0.05) is 13.1 Å². The Kier molecular flexibility index (Phi) is 5.77. The van der Waals surface area contributed by atoms with Crippen LogP contribution >= 0.6 is 0 Å². The lowest BCUT2D eigenvalue weighted by Crippen LogP contribution is -2.52. The van der Waals surface area contributed by atoms with Crippen molar-refractivity contribution in [3.63, 3.8) is 0 Å². The van der Waals surface area contributed by atoms with Gasteiger partial charge >= 0.3 is 5.97 Å². The van der Waals surface area contributed by atoms with Gasteiger partial charge in [-0.15, -0.1) is 0 Å². The molecule has 0 radical (unpaired) electrons. The van der Waals surface area contributed by atoms with Gasteiger partial charge in [0.1, 0.15) is 5.54 Å². The van der Waals surface area contributed by atoms with Gasteiger partial charge in [-0.3, -0.25) is 9.69 Å². The van der Waals surface area contributed by atoms with Gasteiger partial charge < -0.3 is 5.11 Å². The molecule has 0 bridgehead atoms. The Morgan fingerprint density at radius 3 is 1.88 bits per heavy atom. The molecule has 0 heterocycles. The van der Waals surface area contributed by atoms with Crippen molar-refractivity contribution in [2.75, 3.05) is 0 Å². The number of hydrogen-bond acceptors (Lipinski definition) is 2. The van der Waals surface area contributed by atoms with Gasteiger partial charge in [-0.1, -0.05) is 80.9 Å². The van der Waals surface area contributed by atoms with Gasteiger partial charge in [0.15, 0.2) is 0 Å². The maximum Gasteiger partial charge on any atom is 0.324 e. The van der Waals surface area contributed by atoms with Gasteiger partial charge in [-0.2, -0.15) is 0 Å². The van der Waals surface area contributed by atoms with E-state index in [1.54, 1.807) is 0 Å². The molecule has 0 amide bonds. The summed E-state index contributed by atoms with van der Waals surface area (Å²) in [5.74, 6) is 0.234. The largest absolute Gasteiger partial charge is 0.480 e. The molecule has 3 atom stereocenters. The molecule has 1 aliphatic carbocycles. The van der Waals surface area contributed by atoms with Crippen LogP contribution in [0.1, 0.15) is 44.2 Å². The summed E-state index contributed by atoms with van der Waals surface area (Å²) in [4.78, 5) is 14.7. The second-order valence-electron chi connectivity index (χ2n) is 7.72. The first-order valence-electron chi connectivity index (χ1n) is 9.61. The number of aliphatic carboxylic acids is 1. The topological polar surface area (TPSA) is 40.5 Å². The Morgan fingerprint density at radius 1 is 1.00 bits per heavy atom. The smallest absolute Gasteiger partial charge is 0.324 e. The quantitative estimate of drug-likeness (QED) is 0.766. The Bertz CT molecular complexity index is 674. The zero-order valence-electron chi connectivity index (χ0n) is 15.8. The van der Waals surface area contributed by atoms with E-state index in [4.69, 9.17) is 0 Å². The molecule has 3 unspecified atom stereocenters. The van der Waals surface area contributed by atoms with E-state index in [1.165, 1.54) is 0 Å². The molecule has 0 saturated heterocycles. The summed E-state index contributed by atoms with van der Waals surface area (Å²) >= 11 is 0. The SMILES string of the molecule is CCC1CC(C(=O)O)(N(Cc2ccccc2)Cc2ccccc2)CC1C. The lowest BCUT2D eigenvalue weighted by Gasteiger charge is -2.38. The number of hydrogen-bond donors (Lipinski definition) is 1. The molecule has 0 spiro atoms. The summed E-state index contributed by atoms with van der Waals surface area (Å²) in [7, 11) is 0. The van der Waals surface area contributed by atoms with Gasteiger partial charge in [0.25, 0.3) is 0 Å². The van der Waals surface area contributed by atoms with Crippen LogP contribution in [-0.2, 0) is 17.9 Å². The van der Waals surface area contributed by atoms with Crippen molar-refractivity contribution < 1.29 is 9.90 Å². The molecule has 1 N–H and O–H groups in total. The van der Waals surface area contributed by atoms with Crippen LogP contribution in [0.5, 0.6) is 0 Å². The first kappa shape index (κ1) is 18.7. The van der Waals surface area contributed by atoms with Crippen LogP contribution in [0, 0.1) is 11.8 Å². The number of nitrogens with zero attached hydrogens (tertiary/aromatic N) is 1. The van der Waals surface area contributed by atoms with Crippen molar-refractivity contribution >= 4 is 5.97 Å². The van der Waals surface area contributed by atoms with E-state index in [1.807, 2.05) is 36.4 Å². The number of rotatable bonds is 7. The highest BCUT2D eigenvalue weighted by atomic mass is 16.4. The minimum atomic E-state index is -0.786. The lowest BCUT2D eigenvalue weighted by atomic mass is 9.91. The summed E-state index contributed by atoms with van der Waals surface area (Å²) in [6.07, 6.45) is 2.50. The van der Waals surface area contributed by atoms with E-state index in [0.717, 1.165) is 30.4 Å². The van der Waals surface area contributed by atoms with Crippen LogP contribution in [0.4, 0.5) is 0 Å². The number of carboxylic acid groups (broad SMARTS) is 1. The Labute approximate surface area is 156 Å². The van der Waals surface area contributed by atoms with Crippen molar-refractivity contribution in [3.05, 3.63) is 71.8 Å². The number of benzene rings is 2. The molecule has 3 nitrogen and oxygen atoms in total. The maximum atomic E-state index is 12.5. The average Bonchev–Trinajstić information content (AvgIpc) is 3.01. The summed E-state index contributed by atoms with van der Waals surface area (Å²) in [6.45, 7) is 5.70. The van der Waals surface area contributed by atoms with Crippen molar-refractivity contribution in [1.82, 2.24) is 4.90 Å². The first-order chi connectivity index (χ1) is 12.5. The second-order valence-corrected chi connectivity index (χ2v) is 7.72. The van der Waals surface area contributed by atoms with Crippen LogP contribution in [0.15, 0.2) is 60.7 Å². The normalized spacial score (nSPS) is 25.5. The van der Waals surface area contributed by atoms with Crippen molar-refractivity contribution in [2.24, 2.45) is 11.8 Å². The third-order valence-electron chi connectivity index (χ3n) is 6.02. The molecule has 3 rings (SSSR count). The van der Waals surface area contributed by atoms with Crippen LogP contribution in [0.3, 0.4) is 0 Å². The monoisotopic (exact) mass is 351 g/mol. The molecule has 2 aromatic rings. The van der Waals surface area contributed by atoms with Crippen LogP contribution in [0.2, 0.25) is 0 Å². The summed E-state index contributed by atoms with van der Waals surface area (Å²) in [5.41, 5.74) is 1.54. The molecule has 26 heavy (non-hydrogen) atoms. The third-order valence-corrected chi connectivity index (χ3v) is 6.02. The van der Waals surface area contributed by atoms with Gasteiger partial charge in [-0.25, -0.2) is 0 Å². The van der Waals surface area contributed by atoms with E-state index >= 15 is 0 Å². The fourth-order valence-corrected chi connectivity index (χ4v) is 4.50. The first-order valence-corrected chi connectivity index (χ1v) is 9.61. The average molecular weight is 351 g/mol. The third kappa shape index (κ3) is 3.83. The molecular formula is C23H29NO2. The number of carbonyl (C=O) groups is 1. The van der Waals surface area contributed by atoms with Gasteiger partial charge in [-0.05, 0) is 35.8 Å². The van der Waals surface area contributed by atoms with Crippen LogP contribution in [-0.4, -0.2) is 21.5 Å². The summed E-state index contributed by atoms with van der Waals surface area (Å²) in [6, 6.07) is 20.4. The maximum absolute atomic E-state index is 12.5. The summed E-state index contributed by atoms with van der Waals surface area (Å²) < 4.78 is 0. The molecule has 1 fully saturated rings. The second kappa shape index (κ2) is 8.05. The Morgan fingerprint density at radius 2 is 1.50 bits per heavy atom. The Balaban J connectivity index is 1.95. The standard InChI is InChI=1S/C23H29NO2/c1-3-21-15-23(22(25)26,14-18(21)2)24(16-19-10-6-4-7-11-19)17-20-12-8-5-9-13-20/h4-13,18,21H,3,14-17H2,1-2H3,(H,25,26). The van der Waals surface area contributed by atoms with Gasteiger partial charge in [0.05, 0.1) is 0 Å². The van der Waals surface area contributed by atoms with E-state index in [-0.39, 0.29) is 0 Å². The fraction of sp³-hybridized carbons (Fsp3) is 0.435. The van der Waals surface area contributed by atoms with E-state index in [0.29, 0.717) is 24.9 Å². The van der Waals surface area contributed by atoms with Crippen molar-refractivity contribution in [2.45, 2.75) is 51.7 Å². The lowest BCUT2D eigenvalue weighted by molar-refractivity contribution is -0.153. The van der Waals surface area contributed by atoms with Crippen LogP contribution in [0.25, 0.3) is 0 Å². The zero-order valence-corrected chi connectivity index (χ0v) is 15.8. The summed E-state index contributed by atoms with van der Waals surface area (Å²) in [5, 5.41) is 10.3. The minimum absolute atomic E-state index is 0.435. The Hall–Kier alpha value is -2.13. The highest BCUT2D eigenvalue weighted by Gasteiger charge is 2.52. The molecule has 3 heteroatoms. The predicted molar refractivity (Wildman–Crippen MR) is 105 cm³/mol. The van der Waals surface area contributed by atoms with Gasteiger partial charge in [0.2, 0.25) is 0 Å². The van der Waals surface area contributed by atoms with E-state index < -0.39 is 11.5 Å². The molecule has 1 aliphatic rings. The highest BCUT2D eigenvalue weighted by Crippen LogP contribution is 2.45. The minimum Gasteiger partial charge on any atom is -0.480 e. The fourth-order valence-electron chi connectivity index (χ4n) is 4.50. The van der Waals surface area contributed by atoms with Crippen molar-refractivity contribution in [3.8, 4) is 0 Å². The number of carboxylic acids is 1. The molecule has 1 saturated carbocycles. The molecule has 0 aliphatic heterocycles. The predicted octanol–water partition coefficient (Wildman–Crippen LogP) is 4.97.